The summed E-state index contributed by atoms with van der Waals surface area (Å²) in [6.07, 6.45) is 1.76. The molecular weight excluding hydrogens is 376 g/mol. The summed E-state index contributed by atoms with van der Waals surface area (Å²) in [5.74, 6) is 1.78. The third-order valence-electron chi connectivity index (χ3n) is 4.30. The summed E-state index contributed by atoms with van der Waals surface area (Å²) in [4.78, 5) is 9.22. The minimum atomic E-state index is 0.452. The van der Waals surface area contributed by atoms with Crippen LogP contribution in [0.1, 0.15) is 5.56 Å². The van der Waals surface area contributed by atoms with Gasteiger partial charge in [-0.2, -0.15) is 15.1 Å². The zero-order chi connectivity index (χ0) is 19.5. The molecule has 0 saturated heterocycles. The predicted octanol–water partition coefficient (Wildman–Crippen LogP) is 4.38. The molecule has 0 aliphatic carbocycles. The second-order valence-electron chi connectivity index (χ2n) is 6.21. The molecule has 2 aromatic carbocycles. The third-order valence-corrected chi connectivity index (χ3v) is 4.60. The Balaban J connectivity index is 1.65. The first-order chi connectivity index (χ1) is 13.6. The molecule has 0 fully saturated rings. The van der Waals surface area contributed by atoms with E-state index in [1.807, 2.05) is 31.3 Å². The number of nitrogens with one attached hydrogen (secondary N) is 2. The van der Waals surface area contributed by atoms with Crippen molar-refractivity contribution in [2.24, 2.45) is 7.05 Å². The van der Waals surface area contributed by atoms with Crippen LogP contribution in [0.2, 0.25) is 5.02 Å². The van der Waals surface area contributed by atoms with Gasteiger partial charge in [0.2, 0.25) is 5.95 Å². The molecule has 7 nitrogen and oxygen atoms in total. The topological polar surface area (TPSA) is 76.9 Å². The maximum absolute atomic E-state index is 6.22. The van der Waals surface area contributed by atoms with Gasteiger partial charge in [0.25, 0.3) is 0 Å². The van der Waals surface area contributed by atoms with Crippen molar-refractivity contribution in [3.05, 3.63) is 65.3 Å². The first-order valence-corrected chi connectivity index (χ1v) is 9.10. The molecule has 2 N–H and O–H groups in total. The number of fused-ring (bicyclic) bond motifs is 1. The molecule has 0 saturated carbocycles. The second-order valence-corrected chi connectivity index (χ2v) is 6.62. The summed E-state index contributed by atoms with van der Waals surface area (Å²) in [5, 5.41) is 12.3. The van der Waals surface area contributed by atoms with Crippen molar-refractivity contribution < 1.29 is 4.74 Å². The van der Waals surface area contributed by atoms with Crippen LogP contribution in [0.3, 0.4) is 0 Å². The fourth-order valence-corrected chi connectivity index (χ4v) is 3.13. The van der Waals surface area contributed by atoms with Gasteiger partial charge in [-0.3, -0.25) is 4.68 Å². The summed E-state index contributed by atoms with van der Waals surface area (Å²) in [5.41, 5.74) is 2.66. The molecule has 0 radical (unpaired) electrons. The number of aryl methyl sites for hydroxylation is 1. The summed E-state index contributed by atoms with van der Waals surface area (Å²) >= 11 is 6.22. The first-order valence-electron chi connectivity index (χ1n) is 8.72. The molecule has 8 heteroatoms. The van der Waals surface area contributed by atoms with Gasteiger partial charge in [0, 0.05) is 19.3 Å². The van der Waals surface area contributed by atoms with Crippen molar-refractivity contribution in [1.29, 1.82) is 0 Å². The zero-order valence-corrected chi connectivity index (χ0v) is 16.2. The summed E-state index contributed by atoms with van der Waals surface area (Å²) < 4.78 is 6.91. The normalized spacial score (nSPS) is 10.8. The van der Waals surface area contributed by atoms with Crippen molar-refractivity contribution in [3.8, 4) is 5.75 Å². The van der Waals surface area contributed by atoms with Crippen LogP contribution in [-0.4, -0.2) is 26.9 Å². The van der Waals surface area contributed by atoms with Crippen molar-refractivity contribution in [2.45, 2.75) is 6.54 Å². The number of hydrogen-bond acceptors (Lipinski definition) is 6. The second kappa shape index (κ2) is 7.74. The first kappa shape index (κ1) is 18.1. The highest BCUT2D eigenvalue weighted by atomic mass is 35.5. The number of benzene rings is 2. The summed E-state index contributed by atoms with van der Waals surface area (Å²) in [7, 11) is 3.43. The molecule has 4 aromatic rings. The van der Waals surface area contributed by atoms with Crippen molar-refractivity contribution in [2.75, 3.05) is 17.7 Å². The molecule has 0 spiro atoms. The number of methoxy groups -OCH3 is 1. The molecular formula is C20H19ClN6O. The molecule has 0 aliphatic heterocycles. The summed E-state index contributed by atoms with van der Waals surface area (Å²) in [6, 6.07) is 15.6. The van der Waals surface area contributed by atoms with E-state index >= 15 is 0 Å². The molecule has 0 amide bonds. The van der Waals surface area contributed by atoms with Gasteiger partial charge in [-0.1, -0.05) is 41.9 Å². The van der Waals surface area contributed by atoms with Gasteiger partial charge in [0.1, 0.15) is 11.6 Å². The van der Waals surface area contributed by atoms with Crippen molar-refractivity contribution in [3.63, 3.8) is 0 Å². The minimum Gasteiger partial charge on any atom is -0.495 e. The van der Waals surface area contributed by atoms with Crippen LogP contribution in [0.5, 0.6) is 5.75 Å². The Kier molecular flexibility index (Phi) is 4.99. The van der Waals surface area contributed by atoms with E-state index in [0.717, 1.165) is 22.3 Å². The number of aromatic nitrogens is 4. The van der Waals surface area contributed by atoms with E-state index in [0.29, 0.717) is 29.1 Å². The molecule has 0 bridgehead atoms. The number of anilines is 3. The van der Waals surface area contributed by atoms with Crippen LogP contribution >= 0.6 is 11.6 Å². The predicted molar refractivity (Wildman–Crippen MR) is 111 cm³/mol. The fraction of sp³-hybridized carbons (Fsp3) is 0.150. The monoisotopic (exact) mass is 394 g/mol. The Bertz CT molecular complexity index is 1110. The fourth-order valence-electron chi connectivity index (χ4n) is 2.87. The van der Waals surface area contributed by atoms with Crippen LogP contribution in [0.15, 0.2) is 54.7 Å². The molecule has 2 aromatic heterocycles. The molecule has 0 aliphatic rings. The lowest BCUT2D eigenvalue weighted by molar-refractivity contribution is 0.415. The Labute approximate surface area is 167 Å². The van der Waals surface area contributed by atoms with Gasteiger partial charge < -0.3 is 15.4 Å². The smallest absolute Gasteiger partial charge is 0.231 e. The number of nitrogens with zero attached hydrogens (tertiary/aromatic N) is 4. The van der Waals surface area contributed by atoms with E-state index in [1.54, 1.807) is 30.1 Å². The van der Waals surface area contributed by atoms with E-state index in [4.69, 9.17) is 16.3 Å². The van der Waals surface area contributed by atoms with E-state index < -0.39 is 0 Å². The van der Waals surface area contributed by atoms with Crippen LogP contribution in [-0.2, 0) is 13.6 Å². The van der Waals surface area contributed by atoms with Gasteiger partial charge in [0.15, 0.2) is 5.65 Å². The highest BCUT2D eigenvalue weighted by molar-refractivity contribution is 6.32. The largest absolute Gasteiger partial charge is 0.495 e. The van der Waals surface area contributed by atoms with Gasteiger partial charge in [0.05, 0.1) is 23.7 Å². The van der Waals surface area contributed by atoms with Crippen LogP contribution in [0.4, 0.5) is 17.5 Å². The molecule has 4 rings (SSSR count). The highest BCUT2D eigenvalue weighted by Crippen LogP contribution is 2.29. The quantitative estimate of drug-likeness (QED) is 0.505. The van der Waals surface area contributed by atoms with Gasteiger partial charge in [-0.05, 0) is 23.8 Å². The average molecular weight is 395 g/mol. The Hall–Kier alpha value is -3.32. The Morgan fingerprint density at radius 2 is 1.93 bits per heavy atom. The van der Waals surface area contributed by atoms with Gasteiger partial charge in [-0.15, -0.1) is 0 Å². The van der Waals surface area contributed by atoms with Crippen LogP contribution < -0.4 is 15.4 Å². The van der Waals surface area contributed by atoms with Gasteiger partial charge >= 0.3 is 0 Å². The lowest BCUT2D eigenvalue weighted by Crippen LogP contribution is -2.06. The van der Waals surface area contributed by atoms with Gasteiger partial charge in [-0.25, -0.2) is 0 Å². The highest BCUT2D eigenvalue weighted by Gasteiger charge is 2.12. The Morgan fingerprint density at radius 3 is 2.68 bits per heavy atom. The number of ether oxygens (including phenoxy) is 1. The molecule has 28 heavy (non-hydrogen) atoms. The van der Waals surface area contributed by atoms with E-state index in [-0.39, 0.29) is 0 Å². The standard InChI is InChI=1S/C20H19ClN6O/c1-27-19-15(12-23-27)18(22-11-13-6-4-3-5-7-13)25-20(26-19)24-14-8-9-17(28-2)16(21)10-14/h3-10,12H,11H2,1-2H3,(H2,22,24,25,26). The van der Waals surface area contributed by atoms with Crippen molar-refractivity contribution >= 4 is 40.1 Å². The van der Waals surface area contributed by atoms with E-state index in [2.05, 4.69) is 37.8 Å². The third kappa shape index (κ3) is 3.70. The average Bonchev–Trinajstić information content (AvgIpc) is 3.08. The SMILES string of the molecule is COc1ccc(Nc2nc(NCc3ccccc3)c3cnn(C)c3n2)cc1Cl. The molecule has 0 atom stereocenters. The molecule has 142 valence electrons. The number of hydrogen-bond donors (Lipinski definition) is 2. The summed E-state index contributed by atoms with van der Waals surface area (Å²) in [6.45, 7) is 0.648. The Morgan fingerprint density at radius 1 is 1.11 bits per heavy atom. The van der Waals surface area contributed by atoms with Crippen LogP contribution in [0.25, 0.3) is 11.0 Å². The lowest BCUT2D eigenvalue weighted by atomic mass is 10.2. The minimum absolute atomic E-state index is 0.452. The number of halogens is 1. The maximum Gasteiger partial charge on any atom is 0.231 e. The lowest BCUT2D eigenvalue weighted by Gasteiger charge is -2.11. The molecule has 0 unspecified atom stereocenters. The maximum atomic E-state index is 6.22. The van der Waals surface area contributed by atoms with E-state index in [9.17, 15) is 0 Å². The van der Waals surface area contributed by atoms with E-state index in [1.165, 1.54) is 0 Å². The number of rotatable bonds is 6. The molecule has 2 heterocycles. The zero-order valence-electron chi connectivity index (χ0n) is 15.5. The van der Waals surface area contributed by atoms with Crippen LogP contribution in [0, 0.1) is 0 Å². The van der Waals surface area contributed by atoms with Crippen molar-refractivity contribution in [1.82, 2.24) is 19.7 Å².